The van der Waals surface area contributed by atoms with Crippen molar-refractivity contribution in [2.24, 2.45) is 5.41 Å². The molecule has 0 radical (unpaired) electrons. The highest BCUT2D eigenvalue weighted by molar-refractivity contribution is 5.90. The first-order valence-electron chi connectivity index (χ1n) is 11.0. The first-order valence-corrected chi connectivity index (χ1v) is 11.0. The Kier molecular flexibility index (Phi) is 7.48. The molecule has 0 amide bonds. The highest BCUT2D eigenvalue weighted by Gasteiger charge is 2.29. The van der Waals surface area contributed by atoms with E-state index in [1.165, 1.54) is 12.2 Å². The highest BCUT2D eigenvalue weighted by Crippen LogP contribution is 2.28. The van der Waals surface area contributed by atoms with E-state index in [1.54, 1.807) is 18.5 Å². The molecule has 3 heterocycles. The Hall–Kier alpha value is -3.88. The maximum Gasteiger partial charge on any atom is 0.412 e. The molecule has 0 atom stereocenters. The quantitative estimate of drug-likeness (QED) is 0.289. The summed E-state index contributed by atoms with van der Waals surface area (Å²) >= 11 is 0. The van der Waals surface area contributed by atoms with Gasteiger partial charge in [-0.2, -0.15) is 13.2 Å². The summed E-state index contributed by atoms with van der Waals surface area (Å²) in [6.45, 7) is 15.4. The van der Waals surface area contributed by atoms with E-state index >= 15 is 0 Å². The average Bonchev–Trinajstić information content (AvgIpc) is 3.20. The van der Waals surface area contributed by atoms with E-state index < -0.39 is 11.7 Å². The first-order chi connectivity index (χ1) is 16.3. The van der Waals surface area contributed by atoms with E-state index in [2.05, 4.69) is 64.5 Å². The van der Waals surface area contributed by atoms with E-state index in [0.717, 1.165) is 36.2 Å². The number of anilines is 3. The Morgan fingerprint density at radius 1 is 1.14 bits per heavy atom. The van der Waals surface area contributed by atoms with Gasteiger partial charge in [-0.25, -0.2) is 15.0 Å². The lowest BCUT2D eigenvalue weighted by atomic mass is 9.91. The van der Waals surface area contributed by atoms with Gasteiger partial charge >= 0.3 is 6.18 Å². The molecule has 0 aliphatic heterocycles. The van der Waals surface area contributed by atoms with Crippen LogP contribution < -0.4 is 10.6 Å². The average molecular weight is 483 g/mol. The molecule has 0 bridgehead atoms. The predicted molar refractivity (Wildman–Crippen MR) is 136 cm³/mol. The zero-order valence-electron chi connectivity index (χ0n) is 20.2. The number of nitrogens with zero attached hydrogens (tertiary/aromatic N) is 3. The molecular weight excluding hydrogens is 453 g/mol. The molecule has 3 aromatic rings. The van der Waals surface area contributed by atoms with Crippen LogP contribution in [0.4, 0.5) is 30.5 Å². The van der Waals surface area contributed by atoms with Gasteiger partial charge < -0.3 is 15.6 Å². The number of fused-ring (bicyclic) bond motifs is 1. The minimum Gasteiger partial charge on any atom is -0.346 e. The maximum atomic E-state index is 12.7. The van der Waals surface area contributed by atoms with Crippen molar-refractivity contribution >= 4 is 33.9 Å². The Morgan fingerprint density at radius 2 is 1.89 bits per heavy atom. The van der Waals surface area contributed by atoms with Gasteiger partial charge in [0.05, 0.1) is 5.39 Å². The predicted octanol–water partition coefficient (Wildman–Crippen LogP) is 7.54. The summed E-state index contributed by atoms with van der Waals surface area (Å²) < 4.78 is 38.1. The second kappa shape index (κ2) is 10.2. The Bertz CT molecular complexity index is 1290. The number of hydrogen-bond donors (Lipinski definition) is 3. The number of alkyl halides is 3. The standard InChI is InChI=1S/C26H29F3N6/c1-16(8-7-9-17(2)26(27,28)29)22-34-23-20(11-13-31-23)24(35-22)33-19-10-12-30-21(14-19)32-18(3)15-25(4,5)6/h7-14H,1,3,15H2,2,4-6H3,(H3,30,31,32,33,34,35)/b8-7-,17-9+. The van der Waals surface area contributed by atoms with Crippen molar-refractivity contribution in [2.45, 2.75) is 40.3 Å². The van der Waals surface area contributed by atoms with Gasteiger partial charge in [0.25, 0.3) is 0 Å². The number of aromatic amines is 1. The molecule has 6 nitrogen and oxygen atoms in total. The summed E-state index contributed by atoms with van der Waals surface area (Å²) in [7, 11) is 0. The first kappa shape index (κ1) is 25.7. The van der Waals surface area contributed by atoms with Crippen molar-refractivity contribution in [1.29, 1.82) is 0 Å². The minimum atomic E-state index is -4.38. The number of halogens is 3. The van der Waals surface area contributed by atoms with Gasteiger partial charge in [-0.1, -0.05) is 52.2 Å². The van der Waals surface area contributed by atoms with Crippen molar-refractivity contribution in [3.63, 3.8) is 0 Å². The number of H-pyrrole nitrogens is 1. The molecule has 0 spiro atoms. The molecule has 3 aromatic heterocycles. The molecule has 0 unspecified atom stereocenters. The van der Waals surface area contributed by atoms with Gasteiger partial charge in [0.1, 0.15) is 17.3 Å². The number of rotatable bonds is 8. The third-order valence-corrected chi connectivity index (χ3v) is 4.86. The topological polar surface area (TPSA) is 78.5 Å². The normalized spacial score (nSPS) is 12.8. The number of allylic oxidation sites excluding steroid dienone is 6. The largest absolute Gasteiger partial charge is 0.412 e. The maximum absolute atomic E-state index is 12.7. The number of hydrogen-bond acceptors (Lipinski definition) is 5. The van der Waals surface area contributed by atoms with Gasteiger partial charge in [-0.3, -0.25) is 0 Å². The monoisotopic (exact) mass is 482 g/mol. The van der Waals surface area contributed by atoms with Gasteiger partial charge in [-0.15, -0.1) is 0 Å². The highest BCUT2D eigenvalue weighted by atomic mass is 19.4. The van der Waals surface area contributed by atoms with Crippen LogP contribution in [0.5, 0.6) is 0 Å². The van der Waals surface area contributed by atoms with Crippen LogP contribution in [-0.2, 0) is 0 Å². The lowest BCUT2D eigenvalue weighted by Crippen LogP contribution is -2.11. The summed E-state index contributed by atoms with van der Waals surface area (Å²) in [4.78, 5) is 16.4. The van der Waals surface area contributed by atoms with Crippen LogP contribution in [0.2, 0.25) is 0 Å². The summed E-state index contributed by atoms with van der Waals surface area (Å²) in [5, 5.41) is 7.27. The molecule has 0 fully saturated rings. The van der Waals surface area contributed by atoms with Crippen LogP contribution >= 0.6 is 0 Å². The zero-order valence-corrected chi connectivity index (χ0v) is 20.2. The van der Waals surface area contributed by atoms with Crippen LogP contribution in [0, 0.1) is 5.41 Å². The molecule has 184 valence electrons. The second-order valence-corrected chi connectivity index (χ2v) is 9.39. The molecule has 0 saturated heterocycles. The molecule has 35 heavy (non-hydrogen) atoms. The number of nitrogens with one attached hydrogen (secondary N) is 3. The summed E-state index contributed by atoms with van der Waals surface area (Å²) in [6, 6.07) is 5.48. The fourth-order valence-corrected chi connectivity index (χ4v) is 3.24. The lowest BCUT2D eigenvalue weighted by molar-refractivity contribution is -0.0913. The van der Waals surface area contributed by atoms with Crippen molar-refractivity contribution in [3.05, 3.63) is 79.1 Å². The van der Waals surface area contributed by atoms with Crippen LogP contribution in [0.15, 0.2) is 73.2 Å². The summed E-state index contributed by atoms with van der Waals surface area (Å²) in [6.07, 6.45) is 3.53. The molecule has 9 heteroatoms. The molecule has 0 aliphatic rings. The van der Waals surface area contributed by atoms with Crippen molar-refractivity contribution < 1.29 is 13.2 Å². The smallest absolute Gasteiger partial charge is 0.346 e. The van der Waals surface area contributed by atoms with Crippen molar-refractivity contribution in [2.75, 3.05) is 10.6 Å². The Morgan fingerprint density at radius 3 is 2.57 bits per heavy atom. The molecule has 0 saturated carbocycles. The van der Waals surface area contributed by atoms with Crippen LogP contribution in [-0.4, -0.2) is 26.1 Å². The minimum absolute atomic E-state index is 0.0925. The summed E-state index contributed by atoms with van der Waals surface area (Å²) in [5.41, 5.74) is 1.92. The van der Waals surface area contributed by atoms with Crippen molar-refractivity contribution in [1.82, 2.24) is 19.9 Å². The zero-order chi connectivity index (χ0) is 25.8. The number of pyridine rings is 1. The Balaban J connectivity index is 1.83. The van der Waals surface area contributed by atoms with Gasteiger partial charge in [0, 0.05) is 41.0 Å². The SMILES string of the molecule is C=C(CC(C)(C)C)Nc1cc(Nc2nc(C(=C)/C=C\C=C(/C)C(F)(F)F)nc3[nH]ccc23)ccn1. The van der Waals surface area contributed by atoms with Gasteiger partial charge in [0.2, 0.25) is 0 Å². The second-order valence-electron chi connectivity index (χ2n) is 9.39. The molecular formula is C26H29F3N6. The van der Waals surface area contributed by atoms with Crippen molar-refractivity contribution in [3.8, 4) is 0 Å². The van der Waals surface area contributed by atoms with E-state index in [4.69, 9.17) is 0 Å². The fourth-order valence-electron chi connectivity index (χ4n) is 3.24. The molecule has 3 N–H and O–H groups in total. The van der Waals surface area contributed by atoms with E-state index in [1.807, 2.05) is 12.1 Å². The third kappa shape index (κ3) is 7.30. The fraction of sp³-hybridized carbons (Fsp3) is 0.269. The van der Waals surface area contributed by atoms with Crippen LogP contribution in [0.1, 0.15) is 39.9 Å². The molecule has 0 aliphatic carbocycles. The van der Waals surface area contributed by atoms with Crippen LogP contribution in [0.25, 0.3) is 16.6 Å². The third-order valence-electron chi connectivity index (χ3n) is 4.86. The van der Waals surface area contributed by atoms with Crippen LogP contribution in [0.3, 0.4) is 0 Å². The molecule has 0 aromatic carbocycles. The van der Waals surface area contributed by atoms with E-state index in [9.17, 15) is 13.2 Å². The van der Waals surface area contributed by atoms with Gasteiger partial charge in [-0.05, 0) is 30.9 Å². The lowest BCUT2D eigenvalue weighted by Gasteiger charge is -2.20. The summed E-state index contributed by atoms with van der Waals surface area (Å²) in [5.74, 6) is 1.44. The van der Waals surface area contributed by atoms with Gasteiger partial charge in [0.15, 0.2) is 5.82 Å². The molecule has 3 rings (SSSR count). The van der Waals surface area contributed by atoms with E-state index in [0.29, 0.717) is 22.9 Å². The number of aromatic nitrogens is 4. The van der Waals surface area contributed by atoms with E-state index in [-0.39, 0.29) is 11.2 Å². The Labute approximate surface area is 202 Å².